The van der Waals surface area contributed by atoms with Gasteiger partial charge in [0.2, 0.25) is 0 Å². The lowest BCUT2D eigenvalue weighted by Gasteiger charge is -2.21. The molecule has 0 aliphatic heterocycles. The molecule has 0 aromatic heterocycles. The van der Waals surface area contributed by atoms with E-state index in [0.717, 1.165) is 110 Å². The van der Waals surface area contributed by atoms with Crippen LogP contribution in [0.25, 0.3) is 0 Å². The van der Waals surface area contributed by atoms with Crippen LogP contribution in [0.2, 0.25) is 0 Å². The molecule has 346 valence electrons. The van der Waals surface area contributed by atoms with Crippen LogP contribution >= 0.6 is 0 Å². The molecular weight excluding hydrogens is 727 g/mol. The fraction of sp³-hybridized carbons (Fsp3) is 0.960. The van der Waals surface area contributed by atoms with Gasteiger partial charge in [0.25, 0.3) is 0 Å². The third-order valence-electron chi connectivity index (χ3n) is 11.4. The summed E-state index contributed by atoms with van der Waals surface area (Å²) in [5, 5.41) is 9.63. The van der Waals surface area contributed by atoms with E-state index in [0.29, 0.717) is 39.3 Å². The number of hydrogen-bond acceptors (Lipinski definition) is 8. The van der Waals surface area contributed by atoms with Crippen LogP contribution in [0.3, 0.4) is 0 Å². The first-order valence-electron chi connectivity index (χ1n) is 25.4. The van der Waals surface area contributed by atoms with Crippen molar-refractivity contribution in [3.05, 3.63) is 0 Å². The van der Waals surface area contributed by atoms with Gasteiger partial charge in [-0.05, 0) is 77.3 Å². The number of nitrogens with zero attached hydrogens (tertiary/aromatic N) is 1. The maximum absolute atomic E-state index is 12.7. The summed E-state index contributed by atoms with van der Waals surface area (Å²) in [6.45, 7) is 14.1. The smallest absolute Gasteiger partial charge is 0.306 e. The van der Waals surface area contributed by atoms with Gasteiger partial charge in [0, 0.05) is 32.6 Å². The second-order valence-corrected chi connectivity index (χ2v) is 17.2. The van der Waals surface area contributed by atoms with E-state index in [9.17, 15) is 14.7 Å². The van der Waals surface area contributed by atoms with E-state index in [2.05, 4.69) is 32.6 Å². The molecule has 0 saturated heterocycles. The van der Waals surface area contributed by atoms with E-state index in [1.165, 1.54) is 116 Å². The summed E-state index contributed by atoms with van der Waals surface area (Å²) in [6.07, 6.45) is 38.1. The number of aliphatic hydroxyl groups is 1. The number of carbonyl (C=O) groups excluding carboxylic acids is 2. The zero-order valence-electron chi connectivity index (χ0n) is 39.2. The summed E-state index contributed by atoms with van der Waals surface area (Å²) < 4.78 is 23.5. The van der Waals surface area contributed by atoms with E-state index in [1.54, 1.807) is 0 Å². The van der Waals surface area contributed by atoms with Gasteiger partial charge in [0.1, 0.15) is 12.2 Å². The van der Waals surface area contributed by atoms with E-state index < -0.39 is 0 Å². The van der Waals surface area contributed by atoms with Crippen LogP contribution in [0.4, 0.5) is 0 Å². The van der Waals surface area contributed by atoms with Gasteiger partial charge in [-0.15, -0.1) is 0 Å². The lowest BCUT2D eigenvalue weighted by atomic mass is 10.0. The molecule has 1 N–H and O–H groups in total. The molecule has 0 fully saturated rings. The Bertz CT molecular complexity index is 747. The second-order valence-electron chi connectivity index (χ2n) is 17.2. The van der Waals surface area contributed by atoms with Crippen molar-refractivity contribution in [2.45, 2.75) is 258 Å². The van der Waals surface area contributed by atoms with Crippen molar-refractivity contribution in [2.75, 3.05) is 52.7 Å². The van der Waals surface area contributed by atoms with Crippen LogP contribution in [-0.2, 0) is 28.5 Å². The highest BCUT2D eigenvalue weighted by Gasteiger charge is 2.16. The van der Waals surface area contributed by atoms with Gasteiger partial charge in [-0.3, -0.25) is 9.59 Å². The molecule has 0 atom stereocenters. The molecule has 0 aromatic rings. The number of aliphatic hydroxyl groups excluding tert-OH is 1. The van der Waals surface area contributed by atoms with Crippen molar-refractivity contribution < 1.29 is 33.6 Å². The number of ether oxygens (including phenoxy) is 4. The predicted octanol–water partition coefficient (Wildman–Crippen LogP) is 13.5. The second kappa shape index (κ2) is 46.8. The van der Waals surface area contributed by atoms with Crippen molar-refractivity contribution in [1.82, 2.24) is 4.90 Å². The Morgan fingerprint density at radius 1 is 0.414 bits per heavy atom. The van der Waals surface area contributed by atoms with Gasteiger partial charge in [0.05, 0.1) is 19.8 Å². The van der Waals surface area contributed by atoms with E-state index in [-0.39, 0.29) is 30.8 Å². The first kappa shape index (κ1) is 56.8. The summed E-state index contributed by atoms with van der Waals surface area (Å²) in [6, 6.07) is 0. The summed E-state index contributed by atoms with van der Waals surface area (Å²) in [4.78, 5) is 27.8. The lowest BCUT2D eigenvalue weighted by Crippen LogP contribution is -2.29. The topological polar surface area (TPSA) is 94.5 Å². The minimum Gasteiger partial charge on any atom is -0.462 e. The van der Waals surface area contributed by atoms with Gasteiger partial charge >= 0.3 is 11.9 Å². The van der Waals surface area contributed by atoms with Gasteiger partial charge < -0.3 is 29.0 Å². The van der Waals surface area contributed by atoms with Crippen LogP contribution < -0.4 is 0 Å². The van der Waals surface area contributed by atoms with Crippen LogP contribution in [-0.4, -0.2) is 86.8 Å². The third-order valence-corrected chi connectivity index (χ3v) is 11.4. The Balaban J connectivity index is 4.21. The molecule has 8 heteroatoms. The molecule has 0 rings (SSSR count). The minimum atomic E-state index is -0.331. The van der Waals surface area contributed by atoms with E-state index >= 15 is 0 Å². The van der Waals surface area contributed by atoms with E-state index in [1.807, 2.05) is 0 Å². The molecule has 0 saturated carbocycles. The molecule has 0 aliphatic carbocycles. The summed E-state index contributed by atoms with van der Waals surface area (Å²) in [5.74, 6) is -0.137. The van der Waals surface area contributed by atoms with Gasteiger partial charge in [-0.25, -0.2) is 0 Å². The Morgan fingerprint density at radius 2 is 0.759 bits per heavy atom. The molecular formula is C50H99NO7. The Kier molecular flexibility index (Phi) is 45.9. The number of carbonyl (C=O) groups is 2. The first-order valence-corrected chi connectivity index (χ1v) is 25.4. The zero-order valence-corrected chi connectivity index (χ0v) is 39.2. The molecule has 0 aromatic carbocycles. The minimum absolute atomic E-state index is 0.00692. The molecule has 0 radical (unpaired) electrons. The maximum atomic E-state index is 12.7. The molecule has 0 spiro atoms. The fourth-order valence-electron chi connectivity index (χ4n) is 7.61. The van der Waals surface area contributed by atoms with Gasteiger partial charge in [-0.1, -0.05) is 169 Å². The quantitative estimate of drug-likeness (QED) is 0.0479. The SMILES string of the molecule is CCCCCCCCC(CCCCCCCC)OC(=O)CCCCCCCN(CCO)CCCCCCCC(=O)OC(COCCCCCC)COCCCCCC. The highest BCUT2D eigenvalue weighted by Crippen LogP contribution is 2.19. The molecule has 0 bridgehead atoms. The molecule has 8 nitrogen and oxygen atoms in total. The van der Waals surface area contributed by atoms with Gasteiger partial charge in [0.15, 0.2) is 0 Å². The number of rotatable bonds is 48. The summed E-state index contributed by atoms with van der Waals surface area (Å²) >= 11 is 0. The van der Waals surface area contributed by atoms with Crippen LogP contribution in [0.1, 0.15) is 246 Å². The number of esters is 2. The van der Waals surface area contributed by atoms with Crippen molar-refractivity contribution >= 4 is 11.9 Å². The lowest BCUT2D eigenvalue weighted by molar-refractivity contribution is -0.156. The summed E-state index contributed by atoms with van der Waals surface area (Å²) in [7, 11) is 0. The molecule has 0 heterocycles. The van der Waals surface area contributed by atoms with Crippen molar-refractivity contribution in [3.8, 4) is 0 Å². The van der Waals surface area contributed by atoms with Crippen LogP contribution in [0.5, 0.6) is 0 Å². The fourth-order valence-corrected chi connectivity index (χ4v) is 7.61. The zero-order chi connectivity index (χ0) is 42.4. The third kappa shape index (κ3) is 41.5. The Hall–Kier alpha value is -1.22. The standard InChI is InChI=1S/C50H99NO7/c1-5-9-13-17-21-27-35-47(36-28-22-18-14-10-6-2)57-49(53)37-29-23-19-25-31-39-51(41-42-52)40-32-26-20-24-30-38-50(54)58-48(45-55-43-33-15-11-7-3)46-56-44-34-16-12-8-4/h47-48,52H,5-46H2,1-4H3. The molecule has 0 unspecified atom stereocenters. The van der Waals surface area contributed by atoms with Crippen molar-refractivity contribution in [3.63, 3.8) is 0 Å². The van der Waals surface area contributed by atoms with Crippen molar-refractivity contribution in [1.29, 1.82) is 0 Å². The van der Waals surface area contributed by atoms with Gasteiger partial charge in [-0.2, -0.15) is 0 Å². The monoisotopic (exact) mass is 826 g/mol. The van der Waals surface area contributed by atoms with Crippen LogP contribution in [0, 0.1) is 0 Å². The molecule has 0 aliphatic rings. The summed E-state index contributed by atoms with van der Waals surface area (Å²) in [5.41, 5.74) is 0. The highest BCUT2D eigenvalue weighted by molar-refractivity contribution is 5.69. The average Bonchev–Trinajstić information content (AvgIpc) is 3.21. The van der Waals surface area contributed by atoms with Crippen molar-refractivity contribution in [2.24, 2.45) is 0 Å². The highest BCUT2D eigenvalue weighted by atomic mass is 16.6. The van der Waals surface area contributed by atoms with Crippen LogP contribution in [0.15, 0.2) is 0 Å². The Morgan fingerprint density at radius 3 is 1.17 bits per heavy atom. The normalized spacial score (nSPS) is 11.7. The molecule has 0 amide bonds. The first-order chi connectivity index (χ1) is 28.5. The molecule has 58 heavy (non-hydrogen) atoms. The maximum Gasteiger partial charge on any atom is 0.306 e. The Labute approximate surface area is 360 Å². The predicted molar refractivity (Wildman–Crippen MR) is 245 cm³/mol. The average molecular weight is 826 g/mol. The number of hydrogen-bond donors (Lipinski definition) is 1. The number of unbranched alkanes of at least 4 members (excludes halogenated alkanes) is 24. The van der Waals surface area contributed by atoms with E-state index in [4.69, 9.17) is 18.9 Å². The largest absolute Gasteiger partial charge is 0.462 e.